The van der Waals surface area contributed by atoms with E-state index in [2.05, 4.69) is 6.92 Å². The molecule has 0 unspecified atom stereocenters. The van der Waals surface area contributed by atoms with Gasteiger partial charge in [-0.05, 0) is 30.7 Å². The van der Waals surface area contributed by atoms with Crippen LogP contribution < -0.4 is 9.05 Å². The number of hydrogen-bond acceptors (Lipinski definition) is 2. The van der Waals surface area contributed by atoms with Crippen molar-refractivity contribution < 1.29 is 9.05 Å². The second-order valence-electron chi connectivity index (χ2n) is 4.93. The molecule has 2 aromatic rings. The summed E-state index contributed by atoms with van der Waals surface area (Å²) in [4.78, 5) is 0. The van der Waals surface area contributed by atoms with Gasteiger partial charge in [-0.3, -0.25) is 0 Å². The van der Waals surface area contributed by atoms with E-state index in [9.17, 15) is 0 Å². The third-order valence-electron chi connectivity index (χ3n) is 3.10. The second kappa shape index (κ2) is 9.41. The molecule has 112 valence electrons. The monoisotopic (exact) mass is 302 g/mol. The minimum atomic E-state index is -0.930. The van der Waals surface area contributed by atoms with Crippen LogP contribution in [0, 0.1) is 0 Å². The van der Waals surface area contributed by atoms with Gasteiger partial charge >= 0.3 is 0 Å². The fourth-order valence-electron chi connectivity index (χ4n) is 1.98. The van der Waals surface area contributed by atoms with Crippen molar-refractivity contribution in [3.8, 4) is 11.5 Å². The summed E-state index contributed by atoms with van der Waals surface area (Å²) in [5.74, 6) is 1.77. The van der Waals surface area contributed by atoms with Crippen LogP contribution in [-0.4, -0.2) is 6.16 Å². The molecule has 0 aliphatic heterocycles. The highest BCUT2D eigenvalue weighted by Gasteiger charge is 2.14. The molecule has 0 fully saturated rings. The zero-order chi connectivity index (χ0) is 14.8. The van der Waals surface area contributed by atoms with E-state index in [1.165, 1.54) is 19.3 Å². The van der Waals surface area contributed by atoms with Gasteiger partial charge in [0.15, 0.2) is 0 Å². The predicted octanol–water partition coefficient (Wildman–Crippen LogP) is 6.04. The lowest BCUT2D eigenvalue weighted by Gasteiger charge is -2.18. The third-order valence-corrected chi connectivity index (χ3v) is 4.61. The third kappa shape index (κ3) is 6.18. The van der Waals surface area contributed by atoms with Gasteiger partial charge in [-0.1, -0.05) is 62.6 Å². The van der Waals surface area contributed by atoms with E-state index in [1.807, 2.05) is 60.7 Å². The molecule has 0 aliphatic carbocycles. The normalized spacial score (nSPS) is 10.6. The van der Waals surface area contributed by atoms with Crippen LogP contribution in [-0.2, 0) is 0 Å². The molecule has 0 saturated carbocycles. The van der Waals surface area contributed by atoms with Gasteiger partial charge in [-0.15, -0.1) is 0 Å². The van der Waals surface area contributed by atoms with E-state index in [-0.39, 0.29) is 0 Å². The van der Waals surface area contributed by atoms with Crippen LogP contribution in [0.5, 0.6) is 11.5 Å². The molecule has 21 heavy (non-hydrogen) atoms. The minimum Gasteiger partial charge on any atom is -0.439 e. The van der Waals surface area contributed by atoms with Crippen molar-refractivity contribution in [2.75, 3.05) is 6.16 Å². The van der Waals surface area contributed by atoms with Gasteiger partial charge in [0, 0.05) is 6.16 Å². The average molecular weight is 302 g/mol. The van der Waals surface area contributed by atoms with Crippen LogP contribution in [0.25, 0.3) is 0 Å². The van der Waals surface area contributed by atoms with Gasteiger partial charge < -0.3 is 9.05 Å². The maximum Gasteiger partial charge on any atom is 0.290 e. The Morgan fingerprint density at radius 3 is 1.71 bits per heavy atom. The van der Waals surface area contributed by atoms with Gasteiger partial charge in [0.25, 0.3) is 8.38 Å². The topological polar surface area (TPSA) is 18.5 Å². The molecule has 0 bridgehead atoms. The molecule has 0 amide bonds. The van der Waals surface area contributed by atoms with E-state index in [0.29, 0.717) is 0 Å². The van der Waals surface area contributed by atoms with Gasteiger partial charge in [-0.2, -0.15) is 0 Å². The number of rotatable bonds is 9. The zero-order valence-corrected chi connectivity index (χ0v) is 13.5. The molecular weight excluding hydrogens is 279 g/mol. The van der Waals surface area contributed by atoms with Crippen LogP contribution in [0.1, 0.15) is 32.6 Å². The summed E-state index contributed by atoms with van der Waals surface area (Å²) in [5, 5.41) is 0. The Labute approximate surface area is 129 Å². The summed E-state index contributed by atoms with van der Waals surface area (Å²) < 4.78 is 12.1. The smallest absolute Gasteiger partial charge is 0.290 e. The van der Waals surface area contributed by atoms with E-state index < -0.39 is 8.38 Å². The predicted molar refractivity (Wildman–Crippen MR) is 90.1 cm³/mol. The lowest BCUT2D eigenvalue weighted by atomic mass is 10.2. The van der Waals surface area contributed by atoms with Crippen LogP contribution in [0.3, 0.4) is 0 Å². The van der Waals surface area contributed by atoms with Gasteiger partial charge in [0.2, 0.25) is 0 Å². The van der Waals surface area contributed by atoms with Crippen molar-refractivity contribution in [1.29, 1.82) is 0 Å². The standard InChI is InChI=1S/C18H23O2P/c1-2-3-4-11-16-21(19-17-12-7-5-8-13-17)20-18-14-9-6-10-15-18/h5-10,12-15H,2-4,11,16H2,1H3. The summed E-state index contributed by atoms with van der Waals surface area (Å²) in [6.07, 6.45) is 5.89. The lowest BCUT2D eigenvalue weighted by Crippen LogP contribution is -2.00. The van der Waals surface area contributed by atoms with Gasteiger partial charge in [0.1, 0.15) is 11.5 Å². The van der Waals surface area contributed by atoms with E-state index in [1.54, 1.807) is 0 Å². The fourth-order valence-corrected chi connectivity index (χ4v) is 3.39. The summed E-state index contributed by atoms with van der Waals surface area (Å²) in [6, 6.07) is 19.9. The largest absolute Gasteiger partial charge is 0.439 e. The van der Waals surface area contributed by atoms with Crippen LogP contribution in [0.15, 0.2) is 60.7 Å². The molecular formula is C18H23O2P. The van der Waals surface area contributed by atoms with Crippen molar-refractivity contribution in [3.05, 3.63) is 60.7 Å². The van der Waals surface area contributed by atoms with Crippen molar-refractivity contribution >= 4 is 8.38 Å². The molecule has 2 nitrogen and oxygen atoms in total. The Morgan fingerprint density at radius 1 is 0.714 bits per heavy atom. The molecule has 0 heterocycles. The molecule has 0 aromatic heterocycles. The first-order chi connectivity index (χ1) is 10.4. The van der Waals surface area contributed by atoms with E-state index >= 15 is 0 Å². The first-order valence-corrected chi connectivity index (χ1v) is 8.98. The summed E-state index contributed by atoms with van der Waals surface area (Å²) in [7, 11) is -0.930. The molecule has 2 aromatic carbocycles. The maximum absolute atomic E-state index is 6.04. The zero-order valence-electron chi connectivity index (χ0n) is 12.6. The van der Waals surface area contributed by atoms with Crippen molar-refractivity contribution in [3.63, 3.8) is 0 Å². The fraction of sp³-hybridized carbons (Fsp3) is 0.333. The number of para-hydroxylation sites is 2. The highest BCUT2D eigenvalue weighted by molar-refractivity contribution is 7.48. The molecule has 0 saturated heterocycles. The van der Waals surface area contributed by atoms with E-state index in [0.717, 1.165) is 24.1 Å². The van der Waals surface area contributed by atoms with Crippen molar-refractivity contribution in [1.82, 2.24) is 0 Å². The highest BCUT2D eigenvalue weighted by Crippen LogP contribution is 2.41. The Bertz CT molecular complexity index is 446. The Balaban J connectivity index is 1.93. The Morgan fingerprint density at radius 2 is 1.24 bits per heavy atom. The quantitative estimate of drug-likeness (QED) is 0.415. The summed E-state index contributed by atoms with van der Waals surface area (Å²) in [5.41, 5.74) is 0. The molecule has 0 aliphatic rings. The first-order valence-electron chi connectivity index (χ1n) is 7.62. The summed E-state index contributed by atoms with van der Waals surface area (Å²) in [6.45, 7) is 2.23. The second-order valence-corrected chi connectivity index (χ2v) is 6.40. The van der Waals surface area contributed by atoms with Gasteiger partial charge in [-0.25, -0.2) is 0 Å². The lowest BCUT2D eigenvalue weighted by molar-refractivity contribution is 0.485. The minimum absolute atomic E-state index is 0.884. The first kappa shape index (κ1) is 15.9. The molecule has 3 heteroatoms. The van der Waals surface area contributed by atoms with Gasteiger partial charge in [0.05, 0.1) is 0 Å². The van der Waals surface area contributed by atoms with Crippen molar-refractivity contribution in [2.24, 2.45) is 0 Å². The number of benzene rings is 2. The Kier molecular flexibility index (Phi) is 7.11. The molecule has 2 rings (SSSR count). The van der Waals surface area contributed by atoms with Crippen LogP contribution in [0.2, 0.25) is 0 Å². The van der Waals surface area contributed by atoms with E-state index in [4.69, 9.17) is 9.05 Å². The Hall–Kier alpha value is -1.53. The molecule has 0 N–H and O–H groups in total. The SMILES string of the molecule is CCCCCCP(Oc1ccccc1)Oc1ccccc1. The van der Waals surface area contributed by atoms with Crippen molar-refractivity contribution in [2.45, 2.75) is 32.6 Å². The molecule has 0 spiro atoms. The molecule has 0 atom stereocenters. The summed E-state index contributed by atoms with van der Waals surface area (Å²) >= 11 is 0. The molecule has 0 radical (unpaired) electrons. The number of unbranched alkanes of at least 4 members (excludes halogenated alkanes) is 3. The highest BCUT2D eigenvalue weighted by atomic mass is 31.2. The number of hydrogen-bond donors (Lipinski definition) is 0. The van der Waals surface area contributed by atoms with Crippen LogP contribution in [0.4, 0.5) is 0 Å². The van der Waals surface area contributed by atoms with Crippen LogP contribution >= 0.6 is 8.38 Å². The average Bonchev–Trinajstić information content (AvgIpc) is 2.53. The maximum atomic E-state index is 6.04.